The Morgan fingerprint density at radius 3 is 2.82 bits per heavy atom. The van der Waals surface area contributed by atoms with E-state index in [4.69, 9.17) is 5.73 Å². The van der Waals surface area contributed by atoms with Crippen LogP contribution in [-0.2, 0) is 4.79 Å². The molecule has 0 bridgehead atoms. The number of para-hydroxylation sites is 1. The van der Waals surface area contributed by atoms with Gasteiger partial charge in [0.2, 0.25) is 11.7 Å². The van der Waals surface area contributed by atoms with Crippen molar-refractivity contribution in [3.05, 3.63) is 48.2 Å². The average Bonchev–Trinajstić information content (AvgIpc) is 3.22. The number of rotatable bonds is 4. The molecule has 10 nitrogen and oxygen atoms in total. The van der Waals surface area contributed by atoms with Crippen LogP contribution in [0.1, 0.15) is 32.0 Å². The zero-order valence-electron chi connectivity index (χ0n) is 21.1. The number of carbonyl (C=O) groups excluding carboxylic acids is 1. The van der Waals surface area contributed by atoms with Crippen LogP contribution >= 0.6 is 0 Å². The molecule has 1 amide bonds. The molecule has 1 atom stereocenters. The van der Waals surface area contributed by atoms with E-state index in [1.165, 1.54) is 0 Å². The molecule has 1 aromatic carbocycles. The van der Waals surface area contributed by atoms with E-state index in [0.29, 0.717) is 56.1 Å². The van der Waals surface area contributed by atoms with Gasteiger partial charge in [0.25, 0.3) is 0 Å². The second kappa shape index (κ2) is 10.9. The predicted octanol–water partition coefficient (Wildman–Crippen LogP) is 2.44. The highest BCUT2D eigenvalue weighted by Gasteiger charge is 2.26. The number of anilines is 3. The van der Waals surface area contributed by atoms with E-state index in [0.717, 1.165) is 19.0 Å². The van der Waals surface area contributed by atoms with Crippen molar-refractivity contribution in [2.24, 2.45) is 0 Å². The molecule has 2 aliphatic rings. The second-order valence-corrected chi connectivity index (χ2v) is 9.42. The van der Waals surface area contributed by atoms with Crippen LogP contribution in [0.25, 0.3) is 11.3 Å². The number of nitrogens with two attached hydrogens (primary N) is 1. The Kier molecular flexibility index (Phi) is 7.22. The highest BCUT2D eigenvalue weighted by molar-refractivity contribution is 5.78. The quantitative estimate of drug-likeness (QED) is 0.503. The third-order valence-corrected chi connectivity index (χ3v) is 6.92. The fourth-order valence-corrected chi connectivity index (χ4v) is 4.79. The summed E-state index contributed by atoms with van der Waals surface area (Å²) < 4.78 is 14.9. The molecule has 0 aliphatic carbocycles. The van der Waals surface area contributed by atoms with Gasteiger partial charge in [-0.15, -0.1) is 10.2 Å². The molecule has 2 aromatic heterocycles. The van der Waals surface area contributed by atoms with E-state index < -0.39 is 5.82 Å². The SMILES string of the molecule is CC1CCN(c2cc(-c3ccccc3O)nnc2N)CCN1c1nc(C#CCN2CCCC2=O)ncc1F. The number of hydrogen-bond donors (Lipinski definition) is 2. The first-order chi connectivity index (χ1) is 18.4. The average molecular weight is 517 g/mol. The maximum atomic E-state index is 14.9. The molecule has 0 radical (unpaired) electrons. The van der Waals surface area contributed by atoms with Crippen molar-refractivity contribution in [2.75, 3.05) is 48.3 Å². The summed E-state index contributed by atoms with van der Waals surface area (Å²) in [5.74, 6) is 6.21. The Labute approximate surface area is 220 Å². The smallest absolute Gasteiger partial charge is 0.223 e. The van der Waals surface area contributed by atoms with E-state index >= 15 is 0 Å². The predicted molar refractivity (Wildman–Crippen MR) is 142 cm³/mol. The Morgan fingerprint density at radius 1 is 1.18 bits per heavy atom. The molecular formula is C27H29FN8O2. The first-order valence-electron chi connectivity index (χ1n) is 12.6. The van der Waals surface area contributed by atoms with Crippen molar-refractivity contribution in [2.45, 2.75) is 32.2 Å². The molecule has 3 N–H and O–H groups in total. The Balaban J connectivity index is 1.34. The van der Waals surface area contributed by atoms with Crippen molar-refractivity contribution in [3.63, 3.8) is 0 Å². The number of halogens is 1. The minimum Gasteiger partial charge on any atom is -0.507 e. The van der Waals surface area contributed by atoms with Crippen molar-refractivity contribution >= 4 is 23.2 Å². The Hall–Kier alpha value is -4.46. The summed E-state index contributed by atoms with van der Waals surface area (Å²) in [4.78, 5) is 26.0. The molecule has 3 aromatic rings. The summed E-state index contributed by atoms with van der Waals surface area (Å²) in [6.45, 7) is 4.73. The van der Waals surface area contributed by atoms with E-state index in [1.807, 2.05) is 24.0 Å². The lowest BCUT2D eigenvalue weighted by molar-refractivity contribution is -0.127. The van der Waals surface area contributed by atoms with Gasteiger partial charge < -0.3 is 25.5 Å². The van der Waals surface area contributed by atoms with Crippen LogP contribution in [-0.4, -0.2) is 74.8 Å². The van der Waals surface area contributed by atoms with Crippen LogP contribution < -0.4 is 15.5 Å². The van der Waals surface area contributed by atoms with E-state index in [9.17, 15) is 14.3 Å². The molecule has 38 heavy (non-hydrogen) atoms. The van der Waals surface area contributed by atoms with Crippen LogP contribution in [0.15, 0.2) is 36.5 Å². The van der Waals surface area contributed by atoms with Gasteiger partial charge in [0.1, 0.15) is 5.75 Å². The number of nitrogens with zero attached hydrogens (tertiary/aromatic N) is 7. The number of nitrogen functional groups attached to an aromatic ring is 1. The molecule has 2 fully saturated rings. The van der Waals surface area contributed by atoms with Gasteiger partial charge in [-0.05, 0) is 43.9 Å². The third-order valence-electron chi connectivity index (χ3n) is 6.92. The van der Waals surface area contributed by atoms with Gasteiger partial charge in [0, 0.05) is 44.2 Å². The first-order valence-corrected chi connectivity index (χ1v) is 12.6. The van der Waals surface area contributed by atoms with Crippen LogP contribution in [0, 0.1) is 17.7 Å². The topological polar surface area (TPSA) is 125 Å². The first kappa shape index (κ1) is 25.2. The minimum absolute atomic E-state index is 0.0129. The number of aromatic hydroxyl groups is 1. The normalized spacial score (nSPS) is 17.8. The van der Waals surface area contributed by atoms with Crippen molar-refractivity contribution in [1.29, 1.82) is 0 Å². The molecule has 2 saturated heterocycles. The molecule has 196 valence electrons. The summed E-state index contributed by atoms with van der Waals surface area (Å²) in [7, 11) is 0. The van der Waals surface area contributed by atoms with Gasteiger partial charge in [0.05, 0.1) is 24.1 Å². The largest absolute Gasteiger partial charge is 0.507 e. The lowest BCUT2D eigenvalue weighted by atomic mass is 10.1. The summed E-state index contributed by atoms with van der Waals surface area (Å²) in [6.07, 6.45) is 3.26. The summed E-state index contributed by atoms with van der Waals surface area (Å²) in [5.41, 5.74) is 7.99. The lowest BCUT2D eigenvalue weighted by Gasteiger charge is -2.28. The minimum atomic E-state index is -0.516. The maximum absolute atomic E-state index is 14.9. The van der Waals surface area contributed by atoms with Gasteiger partial charge in [-0.1, -0.05) is 18.1 Å². The Morgan fingerprint density at radius 2 is 2.03 bits per heavy atom. The van der Waals surface area contributed by atoms with E-state index in [-0.39, 0.29) is 35.2 Å². The van der Waals surface area contributed by atoms with E-state index in [1.54, 1.807) is 23.1 Å². The number of carbonyl (C=O) groups is 1. The van der Waals surface area contributed by atoms with Crippen molar-refractivity contribution in [3.8, 4) is 28.8 Å². The fourth-order valence-electron chi connectivity index (χ4n) is 4.79. The third kappa shape index (κ3) is 5.29. The summed E-state index contributed by atoms with van der Waals surface area (Å²) in [6, 6.07) is 8.74. The van der Waals surface area contributed by atoms with Crippen molar-refractivity contribution < 1.29 is 14.3 Å². The van der Waals surface area contributed by atoms with Gasteiger partial charge in [-0.3, -0.25) is 4.79 Å². The molecular weight excluding hydrogens is 487 g/mol. The highest BCUT2D eigenvalue weighted by atomic mass is 19.1. The molecule has 2 aliphatic heterocycles. The second-order valence-electron chi connectivity index (χ2n) is 9.42. The maximum Gasteiger partial charge on any atom is 0.223 e. The zero-order valence-corrected chi connectivity index (χ0v) is 21.1. The monoisotopic (exact) mass is 516 g/mol. The number of phenols is 1. The highest BCUT2D eigenvalue weighted by Crippen LogP contribution is 2.32. The molecule has 1 unspecified atom stereocenters. The van der Waals surface area contributed by atoms with Crippen LogP contribution in [0.2, 0.25) is 0 Å². The number of aromatic nitrogens is 4. The lowest BCUT2D eigenvalue weighted by Crippen LogP contribution is -2.36. The fraction of sp³-hybridized carbons (Fsp3) is 0.370. The molecule has 5 rings (SSSR count). The number of likely N-dealkylation sites (tertiary alicyclic amines) is 1. The molecule has 11 heteroatoms. The standard InChI is InChI=1S/C27H29FN8O2/c1-18-10-13-34(22-16-21(32-33-26(22)29)19-6-2-3-7-23(19)37)14-15-36(18)27-20(28)17-30-24(31-27)8-4-11-35-12-5-9-25(35)38/h2-3,6-7,16-18,37H,5,9-15H2,1H3,(H2,29,33). The summed E-state index contributed by atoms with van der Waals surface area (Å²) >= 11 is 0. The zero-order chi connectivity index (χ0) is 26.6. The van der Waals surface area contributed by atoms with Gasteiger partial charge in [0.15, 0.2) is 17.5 Å². The molecule has 0 spiro atoms. The van der Waals surface area contributed by atoms with Crippen LogP contribution in [0.3, 0.4) is 0 Å². The molecule has 4 heterocycles. The van der Waals surface area contributed by atoms with Gasteiger partial charge in [-0.2, -0.15) is 0 Å². The van der Waals surface area contributed by atoms with Gasteiger partial charge in [-0.25, -0.2) is 14.4 Å². The summed E-state index contributed by atoms with van der Waals surface area (Å²) in [5, 5.41) is 18.5. The van der Waals surface area contributed by atoms with Gasteiger partial charge >= 0.3 is 0 Å². The van der Waals surface area contributed by atoms with Crippen LogP contribution in [0.4, 0.5) is 21.7 Å². The molecule has 0 saturated carbocycles. The number of benzene rings is 1. The Bertz CT molecular complexity index is 1410. The number of phenolic OH excluding ortho intramolecular Hbond substituents is 1. The van der Waals surface area contributed by atoms with E-state index in [2.05, 4.69) is 36.9 Å². The van der Waals surface area contributed by atoms with Crippen LogP contribution in [0.5, 0.6) is 5.75 Å². The number of hydrogen-bond acceptors (Lipinski definition) is 9. The van der Waals surface area contributed by atoms with Crippen molar-refractivity contribution in [1.82, 2.24) is 25.1 Å². The number of amides is 1.